The minimum atomic E-state index is -0.634. The molecule has 2 aromatic carbocycles. The Morgan fingerprint density at radius 3 is 2.07 bits per heavy atom. The third-order valence-electron chi connectivity index (χ3n) is 4.52. The van der Waals surface area contributed by atoms with Gasteiger partial charge in [0.1, 0.15) is 5.75 Å². The molecule has 0 aromatic heterocycles. The number of anilines is 1. The van der Waals surface area contributed by atoms with Gasteiger partial charge in [0, 0.05) is 24.3 Å². The Labute approximate surface area is 177 Å². The van der Waals surface area contributed by atoms with Crippen molar-refractivity contribution in [2.24, 2.45) is 0 Å². The average molecular weight is 412 g/mol. The molecule has 0 aliphatic rings. The monoisotopic (exact) mass is 412 g/mol. The van der Waals surface area contributed by atoms with Crippen LogP contribution in [0, 0.1) is 0 Å². The zero-order valence-electron chi connectivity index (χ0n) is 17.6. The average Bonchev–Trinajstić information content (AvgIpc) is 2.78. The van der Waals surface area contributed by atoms with E-state index in [0.717, 1.165) is 6.42 Å². The van der Waals surface area contributed by atoms with E-state index in [-0.39, 0.29) is 12.5 Å². The first kappa shape index (κ1) is 22.9. The molecule has 30 heavy (non-hydrogen) atoms. The van der Waals surface area contributed by atoms with E-state index in [1.165, 1.54) is 5.56 Å². The molecule has 0 aliphatic heterocycles. The van der Waals surface area contributed by atoms with Crippen LogP contribution in [0.25, 0.3) is 0 Å². The maximum absolute atomic E-state index is 12.3. The zero-order valence-corrected chi connectivity index (χ0v) is 17.6. The number of hydrogen-bond acceptors (Lipinski definition) is 5. The summed E-state index contributed by atoms with van der Waals surface area (Å²) < 4.78 is 10.3. The fourth-order valence-electron chi connectivity index (χ4n) is 2.74. The summed E-state index contributed by atoms with van der Waals surface area (Å²) in [6.07, 6.45) is 0.923. The highest BCUT2D eigenvalue weighted by atomic mass is 16.6. The summed E-state index contributed by atoms with van der Waals surface area (Å²) in [5.41, 5.74) is 2.23. The maximum Gasteiger partial charge on any atom is 0.344 e. The lowest BCUT2D eigenvalue weighted by molar-refractivity contribution is -0.149. The summed E-state index contributed by atoms with van der Waals surface area (Å²) in [6.45, 7) is 6.46. The Morgan fingerprint density at radius 1 is 0.867 bits per heavy atom. The highest BCUT2D eigenvalue weighted by molar-refractivity contribution is 5.96. The van der Waals surface area contributed by atoms with Crippen molar-refractivity contribution in [2.75, 3.05) is 31.6 Å². The van der Waals surface area contributed by atoms with Gasteiger partial charge in [-0.05, 0) is 62.2 Å². The summed E-state index contributed by atoms with van der Waals surface area (Å²) in [6, 6.07) is 14.0. The first-order valence-electron chi connectivity index (χ1n) is 10.0. The normalized spacial score (nSPS) is 10.2. The number of benzene rings is 2. The van der Waals surface area contributed by atoms with Crippen LogP contribution in [0.5, 0.6) is 5.75 Å². The van der Waals surface area contributed by atoms with Crippen LogP contribution in [-0.2, 0) is 20.7 Å². The van der Waals surface area contributed by atoms with E-state index < -0.39 is 18.5 Å². The molecule has 2 aromatic rings. The summed E-state index contributed by atoms with van der Waals surface area (Å²) in [4.78, 5) is 37.7. The number of amides is 2. The number of rotatable bonds is 10. The number of hydrogen-bond donors (Lipinski definition) is 1. The van der Waals surface area contributed by atoms with Gasteiger partial charge in [0.05, 0.1) is 0 Å². The van der Waals surface area contributed by atoms with E-state index in [0.29, 0.717) is 30.1 Å². The summed E-state index contributed by atoms with van der Waals surface area (Å²) in [7, 11) is 0. The second kappa shape index (κ2) is 11.6. The van der Waals surface area contributed by atoms with Crippen LogP contribution in [0.3, 0.4) is 0 Å². The second-order valence-corrected chi connectivity index (χ2v) is 6.55. The summed E-state index contributed by atoms with van der Waals surface area (Å²) in [5, 5.41) is 2.63. The summed E-state index contributed by atoms with van der Waals surface area (Å²) >= 11 is 0. The van der Waals surface area contributed by atoms with E-state index in [1.54, 1.807) is 41.3 Å². The van der Waals surface area contributed by atoms with Crippen LogP contribution in [0.2, 0.25) is 0 Å². The predicted molar refractivity (Wildman–Crippen MR) is 115 cm³/mol. The fraction of sp³-hybridized carbons (Fsp3) is 0.348. The molecule has 7 heteroatoms. The number of carbonyl (C=O) groups excluding carboxylic acids is 3. The van der Waals surface area contributed by atoms with Gasteiger partial charge in [-0.2, -0.15) is 0 Å². The number of nitrogens with one attached hydrogen (secondary N) is 1. The Kier molecular flexibility index (Phi) is 8.87. The first-order chi connectivity index (χ1) is 14.5. The maximum atomic E-state index is 12.3. The zero-order chi connectivity index (χ0) is 21.9. The lowest BCUT2D eigenvalue weighted by Gasteiger charge is -2.18. The van der Waals surface area contributed by atoms with E-state index >= 15 is 0 Å². The fourth-order valence-corrected chi connectivity index (χ4v) is 2.74. The third-order valence-corrected chi connectivity index (χ3v) is 4.52. The number of ether oxygens (including phenoxy) is 2. The van der Waals surface area contributed by atoms with Gasteiger partial charge in [-0.15, -0.1) is 0 Å². The number of nitrogens with zero attached hydrogens (tertiary/aromatic N) is 1. The minimum absolute atomic E-state index is 0.0591. The highest BCUT2D eigenvalue weighted by Gasteiger charge is 2.13. The molecule has 2 amide bonds. The smallest absolute Gasteiger partial charge is 0.344 e. The Balaban J connectivity index is 1.75. The number of aryl methyl sites for hydroxylation is 1. The van der Waals surface area contributed by atoms with Crippen LogP contribution in [-0.4, -0.2) is 49.0 Å². The molecule has 2 rings (SSSR count). The van der Waals surface area contributed by atoms with Gasteiger partial charge in [0.15, 0.2) is 13.2 Å². The standard InChI is InChI=1S/C23H28N2O5/c1-4-17-7-13-20(14-8-17)29-16-22(27)30-15-21(26)24-19-11-9-18(10-12-19)23(28)25(5-2)6-3/h7-14H,4-6,15-16H2,1-3H3,(H,24,26). The number of esters is 1. The first-order valence-corrected chi connectivity index (χ1v) is 10.0. The molecule has 0 heterocycles. The van der Waals surface area contributed by atoms with Crippen molar-refractivity contribution in [2.45, 2.75) is 27.2 Å². The molecule has 1 N–H and O–H groups in total. The Morgan fingerprint density at radius 2 is 1.50 bits per heavy atom. The Bertz CT molecular complexity index is 843. The van der Waals surface area contributed by atoms with Crippen LogP contribution in [0.15, 0.2) is 48.5 Å². The molecular formula is C23H28N2O5. The predicted octanol–water partition coefficient (Wildman–Crippen LogP) is 3.29. The van der Waals surface area contributed by atoms with Gasteiger partial charge in [-0.3, -0.25) is 9.59 Å². The van der Waals surface area contributed by atoms with Crippen LogP contribution >= 0.6 is 0 Å². The molecule has 0 atom stereocenters. The molecular weight excluding hydrogens is 384 g/mol. The van der Waals surface area contributed by atoms with Crippen molar-refractivity contribution in [3.05, 3.63) is 59.7 Å². The Hall–Kier alpha value is -3.35. The molecule has 0 fully saturated rings. The highest BCUT2D eigenvalue weighted by Crippen LogP contribution is 2.13. The molecule has 160 valence electrons. The SMILES string of the molecule is CCc1ccc(OCC(=O)OCC(=O)Nc2ccc(C(=O)N(CC)CC)cc2)cc1. The molecule has 0 saturated heterocycles. The number of carbonyl (C=O) groups is 3. The van der Waals surface area contributed by atoms with Crippen molar-refractivity contribution >= 4 is 23.5 Å². The van der Waals surface area contributed by atoms with Gasteiger partial charge in [-0.1, -0.05) is 19.1 Å². The van der Waals surface area contributed by atoms with Gasteiger partial charge in [0.25, 0.3) is 11.8 Å². The molecule has 0 radical (unpaired) electrons. The summed E-state index contributed by atoms with van der Waals surface area (Å²) in [5.74, 6) is -0.604. The molecule has 0 unspecified atom stereocenters. The van der Waals surface area contributed by atoms with Crippen LogP contribution < -0.4 is 10.1 Å². The minimum Gasteiger partial charge on any atom is -0.482 e. The van der Waals surface area contributed by atoms with Crippen molar-refractivity contribution in [1.82, 2.24) is 4.90 Å². The lowest BCUT2D eigenvalue weighted by Crippen LogP contribution is -2.30. The molecule has 0 bridgehead atoms. The van der Waals surface area contributed by atoms with Gasteiger partial charge in [-0.25, -0.2) is 4.79 Å². The van der Waals surface area contributed by atoms with Gasteiger partial charge >= 0.3 is 5.97 Å². The van der Waals surface area contributed by atoms with E-state index in [2.05, 4.69) is 12.2 Å². The topological polar surface area (TPSA) is 84.9 Å². The van der Waals surface area contributed by atoms with Crippen molar-refractivity contribution < 1.29 is 23.9 Å². The van der Waals surface area contributed by atoms with Gasteiger partial charge < -0.3 is 19.7 Å². The third kappa shape index (κ3) is 6.92. The van der Waals surface area contributed by atoms with E-state index in [4.69, 9.17) is 9.47 Å². The molecule has 7 nitrogen and oxygen atoms in total. The van der Waals surface area contributed by atoms with E-state index in [1.807, 2.05) is 26.0 Å². The van der Waals surface area contributed by atoms with Crippen molar-refractivity contribution in [3.63, 3.8) is 0 Å². The molecule has 0 aliphatic carbocycles. The lowest BCUT2D eigenvalue weighted by atomic mass is 10.2. The van der Waals surface area contributed by atoms with E-state index in [9.17, 15) is 14.4 Å². The van der Waals surface area contributed by atoms with Crippen molar-refractivity contribution in [1.29, 1.82) is 0 Å². The second-order valence-electron chi connectivity index (χ2n) is 6.55. The van der Waals surface area contributed by atoms with Crippen LogP contribution in [0.1, 0.15) is 36.7 Å². The van der Waals surface area contributed by atoms with Crippen LogP contribution in [0.4, 0.5) is 5.69 Å². The van der Waals surface area contributed by atoms with Crippen molar-refractivity contribution in [3.8, 4) is 5.75 Å². The largest absolute Gasteiger partial charge is 0.482 e. The quantitative estimate of drug-likeness (QED) is 0.606. The van der Waals surface area contributed by atoms with Gasteiger partial charge in [0.2, 0.25) is 0 Å². The molecule has 0 saturated carbocycles. The molecule has 0 spiro atoms.